The first kappa shape index (κ1) is 24.1. The minimum Gasteiger partial charge on any atom is -0.349 e. The molecule has 1 aliphatic heterocycles. The Morgan fingerprint density at radius 2 is 1.69 bits per heavy atom. The Balaban J connectivity index is 1.52. The molecule has 0 spiro atoms. The molecule has 11 heteroatoms. The Morgan fingerprint density at radius 3 is 2.25 bits per heavy atom. The van der Waals surface area contributed by atoms with Crippen molar-refractivity contribution < 1.29 is 35.2 Å². The normalized spacial score (nSPS) is 16.3. The van der Waals surface area contributed by atoms with E-state index in [2.05, 4.69) is 5.32 Å². The first-order chi connectivity index (χ1) is 15.0. The number of carbonyl (C=O) groups is 1. The van der Waals surface area contributed by atoms with E-state index >= 15 is 0 Å². The molecule has 0 aromatic heterocycles. The number of halogens is 5. The zero-order valence-electron chi connectivity index (χ0n) is 16.8. The fourth-order valence-corrected chi connectivity index (χ4v) is 4.23. The van der Waals surface area contributed by atoms with Gasteiger partial charge in [-0.05, 0) is 48.7 Å². The van der Waals surface area contributed by atoms with Crippen LogP contribution in [-0.4, -0.2) is 44.1 Å². The van der Waals surface area contributed by atoms with Crippen LogP contribution in [0.2, 0.25) is 0 Å². The monoisotopic (exact) mass is 476 g/mol. The van der Waals surface area contributed by atoms with Crippen LogP contribution in [0.25, 0.3) is 0 Å². The second-order valence-electron chi connectivity index (χ2n) is 7.55. The van der Waals surface area contributed by atoms with E-state index in [4.69, 9.17) is 0 Å². The van der Waals surface area contributed by atoms with Gasteiger partial charge in [0.2, 0.25) is 9.84 Å². The lowest BCUT2D eigenvalue weighted by Gasteiger charge is -2.32. The first-order valence-electron chi connectivity index (χ1n) is 9.78. The Kier molecular flexibility index (Phi) is 7.19. The molecule has 1 heterocycles. The Morgan fingerprint density at radius 1 is 1.06 bits per heavy atom. The molecule has 0 unspecified atom stereocenters. The van der Waals surface area contributed by atoms with Crippen molar-refractivity contribution in [1.29, 1.82) is 0 Å². The van der Waals surface area contributed by atoms with Crippen molar-refractivity contribution in [2.24, 2.45) is 0 Å². The summed E-state index contributed by atoms with van der Waals surface area (Å²) < 4.78 is 86.6. The highest BCUT2D eigenvalue weighted by molar-refractivity contribution is 7.91. The molecule has 1 amide bonds. The number of amides is 1. The van der Waals surface area contributed by atoms with Gasteiger partial charge in [0.15, 0.2) is 0 Å². The lowest BCUT2D eigenvalue weighted by Crippen LogP contribution is -2.44. The lowest BCUT2D eigenvalue weighted by atomic mass is 10.0. The van der Waals surface area contributed by atoms with Crippen LogP contribution in [-0.2, 0) is 22.6 Å². The van der Waals surface area contributed by atoms with Gasteiger partial charge >= 0.3 is 11.9 Å². The molecule has 32 heavy (non-hydrogen) atoms. The summed E-state index contributed by atoms with van der Waals surface area (Å²) in [5.41, 5.74) is 0.00952. The summed E-state index contributed by atoms with van der Waals surface area (Å²) in [7, 11) is -4.72. The molecule has 2 aromatic carbocycles. The van der Waals surface area contributed by atoms with Gasteiger partial charge in [-0.2, -0.15) is 22.0 Å². The van der Waals surface area contributed by atoms with Crippen LogP contribution in [0.5, 0.6) is 0 Å². The smallest absolute Gasteiger partial charge is 0.349 e. The molecule has 0 aliphatic carbocycles. The van der Waals surface area contributed by atoms with Gasteiger partial charge in [0.25, 0.3) is 5.91 Å². The van der Waals surface area contributed by atoms with Gasteiger partial charge in [-0.15, -0.1) is 0 Å². The number of hydrogen-bond acceptors (Lipinski definition) is 4. The standard InChI is InChI=1S/C21H21F5N2O3S/c22-20(23)32(30,31)18-6-4-15(5-7-18)19(29)27-17-8-10-28(11-9-17)13-14-2-1-3-16(12-14)21(24,25)26/h1-7,12,17,20H,8-11,13H2,(H,27,29). The predicted molar refractivity (Wildman–Crippen MR) is 107 cm³/mol. The SMILES string of the molecule is O=C(NC1CCN(Cc2cccc(C(F)(F)F)c2)CC1)c1ccc(S(=O)(=O)C(F)F)cc1. The Hall–Kier alpha value is -2.53. The number of rotatable bonds is 6. The van der Waals surface area contributed by atoms with Gasteiger partial charge in [-0.1, -0.05) is 18.2 Å². The Bertz CT molecular complexity index is 1050. The van der Waals surface area contributed by atoms with Crippen LogP contribution in [0.3, 0.4) is 0 Å². The van der Waals surface area contributed by atoms with Crippen molar-refractivity contribution in [3.63, 3.8) is 0 Å². The van der Waals surface area contributed by atoms with Crippen molar-refractivity contribution in [1.82, 2.24) is 10.2 Å². The molecule has 1 fully saturated rings. The van der Waals surface area contributed by atoms with Crippen LogP contribution >= 0.6 is 0 Å². The third-order valence-corrected chi connectivity index (χ3v) is 6.66. The van der Waals surface area contributed by atoms with Crippen LogP contribution < -0.4 is 5.32 Å². The molecule has 0 radical (unpaired) electrons. The van der Waals surface area contributed by atoms with Crippen LogP contribution in [0.15, 0.2) is 53.4 Å². The highest BCUT2D eigenvalue weighted by Gasteiger charge is 2.31. The molecule has 2 aromatic rings. The average molecular weight is 476 g/mol. The van der Waals surface area contributed by atoms with E-state index in [-0.39, 0.29) is 11.6 Å². The minimum atomic E-state index is -4.72. The number of piperidine rings is 1. The zero-order valence-corrected chi connectivity index (χ0v) is 17.6. The second kappa shape index (κ2) is 9.53. The summed E-state index contributed by atoms with van der Waals surface area (Å²) in [5.74, 6) is -3.99. The van der Waals surface area contributed by atoms with E-state index in [1.165, 1.54) is 18.2 Å². The highest BCUT2D eigenvalue weighted by atomic mass is 32.2. The molecule has 1 N–H and O–H groups in total. The topological polar surface area (TPSA) is 66.5 Å². The summed E-state index contributed by atoms with van der Waals surface area (Å²) >= 11 is 0. The Labute approximate surface area is 182 Å². The molecule has 1 saturated heterocycles. The largest absolute Gasteiger partial charge is 0.416 e. The first-order valence-corrected chi connectivity index (χ1v) is 11.3. The maximum absolute atomic E-state index is 12.9. The molecule has 174 valence electrons. The number of hydrogen-bond donors (Lipinski definition) is 1. The number of alkyl halides is 5. The third kappa shape index (κ3) is 5.83. The summed E-state index contributed by atoms with van der Waals surface area (Å²) in [5, 5.41) is 2.82. The molecular formula is C21H21F5N2O3S. The van der Waals surface area contributed by atoms with Gasteiger partial charge in [0, 0.05) is 31.2 Å². The quantitative estimate of drug-likeness (QED) is 0.638. The third-order valence-electron chi connectivity index (χ3n) is 5.26. The van der Waals surface area contributed by atoms with E-state index in [9.17, 15) is 35.2 Å². The fourth-order valence-electron chi connectivity index (χ4n) is 3.51. The van der Waals surface area contributed by atoms with Crippen LogP contribution in [0.1, 0.15) is 34.3 Å². The van der Waals surface area contributed by atoms with Crippen LogP contribution in [0.4, 0.5) is 22.0 Å². The summed E-state index contributed by atoms with van der Waals surface area (Å²) in [6.07, 6.45) is -3.22. The number of nitrogens with zero attached hydrogens (tertiary/aromatic N) is 1. The summed E-state index contributed by atoms with van der Waals surface area (Å²) in [6, 6.07) is 9.30. The molecule has 1 aliphatic rings. The molecule has 0 bridgehead atoms. The van der Waals surface area contributed by atoms with Crippen LogP contribution in [0, 0.1) is 0 Å². The summed E-state index contributed by atoms with van der Waals surface area (Å²) in [6.45, 7) is 1.52. The van der Waals surface area contributed by atoms with E-state index in [0.717, 1.165) is 24.3 Å². The predicted octanol–water partition coefficient (Wildman–Crippen LogP) is 4.10. The molecule has 0 saturated carbocycles. The molecule has 5 nitrogen and oxygen atoms in total. The number of carbonyl (C=O) groups excluding carboxylic acids is 1. The van der Waals surface area contributed by atoms with Crippen molar-refractivity contribution in [2.45, 2.75) is 42.3 Å². The van der Waals surface area contributed by atoms with Gasteiger partial charge in [-0.3, -0.25) is 9.69 Å². The zero-order chi connectivity index (χ0) is 23.5. The maximum atomic E-state index is 12.9. The van der Waals surface area contributed by atoms with Crippen molar-refractivity contribution in [3.05, 3.63) is 65.2 Å². The van der Waals surface area contributed by atoms with E-state index in [0.29, 0.717) is 38.0 Å². The number of sulfone groups is 1. The van der Waals surface area contributed by atoms with E-state index in [1.807, 2.05) is 4.90 Å². The van der Waals surface area contributed by atoms with Crippen molar-refractivity contribution in [3.8, 4) is 0 Å². The minimum absolute atomic E-state index is 0.143. The second-order valence-corrected chi connectivity index (χ2v) is 9.47. The van der Waals surface area contributed by atoms with Gasteiger partial charge in [-0.25, -0.2) is 8.42 Å². The van der Waals surface area contributed by atoms with Crippen molar-refractivity contribution in [2.75, 3.05) is 13.1 Å². The number of nitrogens with one attached hydrogen (secondary N) is 1. The van der Waals surface area contributed by atoms with Gasteiger partial charge in [0.05, 0.1) is 10.5 Å². The number of likely N-dealkylation sites (tertiary alicyclic amines) is 1. The average Bonchev–Trinajstić information content (AvgIpc) is 2.74. The maximum Gasteiger partial charge on any atom is 0.416 e. The van der Waals surface area contributed by atoms with Gasteiger partial charge in [0.1, 0.15) is 0 Å². The van der Waals surface area contributed by atoms with E-state index in [1.54, 1.807) is 6.07 Å². The summed E-state index contributed by atoms with van der Waals surface area (Å²) in [4.78, 5) is 13.8. The molecular weight excluding hydrogens is 455 g/mol. The van der Waals surface area contributed by atoms with Crippen molar-refractivity contribution >= 4 is 15.7 Å². The van der Waals surface area contributed by atoms with E-state index < -0.39 is 38.1 Å². The molecule has 0 atom stereocenters. The fraction of sp³-hybridized carbons (Fsp3) is 0.381. The van der Waals surface area contributed by atoms with Gasteiger partial charge < -0.3 is 5.32 Å². The lowest BCUT2D eigenvalue weighted by molar-refractivity contribution is -0.137. The highest BCUT2D eigenvalue weighted by Crippen LogP contribution is 2.30. The molecule has 3 rings (SSSR count). The number of benzene rings is 2.